The molecule has 0 amide bonds. The molecule has 2 rings (SSSR count). The third-order valence-corrected chi connectivity index (χ3v) is 5.12. The molecule has 2 nitrogen and oxygen atoms in total. The molecule has 6 heteroatoms. The highest BCUT2D eigenvalue weighted by Crippen LogP contribution is 2.38. The third kappa shape index (κ3) is 3.54. The predicted octanol–water partition coefficient (Wildman–Crippen LogP) is 6.20. The summed E-state index contributed by atoms with van der Waals surface area (Å²) in [6.07, 6.45) is 0. The Balaban J connectivity index is 0.00000180. The van der Waals surface area contributed by atoms with Gasteiger partial charge in [-0.3, -0.25) is 0 Å². The van der Waals surface area contributed by atoms with Gasteiger partial charge in [-0.05, 0) is 99.1 Å². The number of halogens is 4. The number of hydrogen-bond acceptors (Lipinski definition) is 2. The molecule has 19 heavy (non-hydrogen) atoms. The van der Waals surface area contributed by atoms with Crippen LogP contribution in [-0.2, 0) is 0 Å². The molecular weight excluding hydrogens is 504 g/mol. The molecule has 102 valence electrons. The first-order valence-electron chi connectivity index (χ1n) is 4.89. The molecule has 0 aliphatic heterocycles. The van der Waals surface area contributed by atoms with Gasteiger partial charge in [0.2, 0.25) is 0 Å². The zero-order valence-corrected chi connectivity index (χ0v) is 15.3. The summed E-state index contributed by atoms with van der Waals surface area (Å²) in [6, 6.07) is 7.91. The van der Waals surface area contributed by atoms with Crippen molar-refractivity contribution in [2.75, 3.05) is 11.5 Å². The Morgan fingerprint density at radius 2 is 0.789 bits per heavy atom. The van der Waals surface area contributed by atoms with Crippen LogP contribution in [0.3, 0.4) is 0 Å². The minimum Gasteiger partial charge on any atom is -0.397 e. The molecule has 0 saturated heterocycles. The van der Waals surface area contributed by atoms with Crippen molar-refractivity contribution in [2.24, 2.45) is 0 Å². The molecule has 2 aromatic rings. The Kier molecular flexibility index (Phi) is 5.92. The lowest BCUT2D eigenvalue weighted by Gasteiger charge is -2.10. The van der Waals surface area contributed by atoms with E-state index in [0.717, 1.165) is 29.0 Å². The molecule has 0 unspecified atom stereocenters. The average Bonchev–Trinajstić information content (AvgIpc) is 2.31. The van der Waals surface area contributed by atoms with Crippen molar-refractivity contribution in [3.05, 3.63) is 42.2 Å². The van der Waals surface area contributed by atoms with E-state index in [4.69, 9.17) is 11.5 Å². The highest BCUT2D eigenvalue weighted by molar-refractivity contribution is 9.11. The third-order valence-electron chi connectivity index (χ3n) is 2.49. The van der Waals surface area contributed by atoms with Crippen LogP contribution in [0.25, 0.3) is 11.1 Å². The summed E-state index contributed by atoms with van der Waals surface area (Å²) >= 11 is 13.8. The Labute approximate surface area is 146 Å². The summed E-state index contributed by atoms with van der Waals surface area (Å²) < 4.78 is 3.43. The molecule has 4 N–H and O–H groups in total. The lowest BCUT2D eigenvalue weighted by Crippen LogP contribution is -1.92. The average molecular weight is 516 g/mol. The topological polar surface area (TPSA) is 52.0 Å². The van der Waals surface area contributed by atoms with E-state index in [-0.39, 0.29) is 7.43 Å². The maximum atomic E-state index is 5.88. The van der Waals surface area contributed by atoms with E-state index in [1.54, 1.807) is 0 Å². The van der Waals surface area contributed by atoms with Gasteiger partial charge in [-0.2, -0.15) is 0 Å². The quantitative estimate of drug-likeness (QED) is 0.444. The fraction of sp³-hybridized carbons (Fsp3) is 0.0769. The van der Waals surface area contributed by atoms with E-state index < -0.39 is 0 Å². The van der Waals surface area contributed by atoms with Crippen molar-refractivity contribution < 1.29 is 0 Å². The minimum atomic E-state index is 0. The summed E-state index contributed by atoms with van der Waals surface area (Å²) in [5.74, 6) is 0. The SMILES string of the molecule is C.Nc1c(Br)cc(-c2cc(Br)c(N)c(Br)c2)cc1Br. The van der Waals surface area contributed by atoms with E-state index in [2.05, 4.69) is 63.7 Å². The second kappa shape index (κ2) is 6.61. The maximum Gasteiger partial charge on any atom is 0.0603 e. The van der Waals surface area contributed by atoms with Crippen molar-refractivity contribution in [1.82, 2.24) is 0 Å². The van der Waals surface area contributed by atoms with Crippen LogP contribution in [0.4, 0.5) is 11.4 Å². The van der Waals surface area contributed by atoms with Crippen LogP contribution in [0.15, 0.2) is 42.2 Å². The highest BCUT2D eigenvalue weighted by Gasteiger charge is 2.09. The molecule has 0 aromatic heterocycles. The van der Waals surface area contributed by atoms with Crippen molar-refractivity contribution in [1.29, 1.82) is 0 Å². The van der Waals surface area contributed by atoms with Gasteiger partial charge in [0.25, 0.3) is 0 Å². The molecule has 0 aliphatic carbocycles. The number of benzene rings is 2. The van der Waals surface area contributed by atoms with E-state index >= 15 is 0 Å². The molecule has 0 atom stereocenters. The molecule has 0 spiro atoms. The summed E-state index contributed by atoms with van der Waals surface area (Å²) in [5, 5.41) is 0. The first-order chi connectivity index (χ1) is 8.40. The molecule has 0 fully saturated rings. The van der Waals surface area contributed by atoms with Crippen molar-refractivity contribution in [2.45, 2.75) is 7.43 Å². The first kappa shape index (κ1) is 17.0. The fourth-order valence-electron chi connectivity index (χ4n) is 1.50. The standard InChI is InChI=1S/C12H8Br4N2.CH4/c13-7-1-5(2-8(14)11(7)17)6-3-9(15)12(18)10(16)4-6;/h1-4H,17-18H2;1H4. The highest BCUT2D eigenvalue weighted by atomic mass is 79.9. The van der Waals surface area contributed by atoms with Crippen molar-refractivity contribution in [3.8, 4) is 11.1 Å². The lowest BCUT2D eigenvalue weighted by atomic mass is 10.1. The van der Waals surface area contributed by atoms with E-state index in [9.17, 15) is 0 Å². The van der Waals surface area contributed by atoms with Crippen LogP contribution in [0, 0.1) is 0 Å². The maximum absolute atomic E-state index is 5.88. The van der Waals surface area contributed by atoms with Crippen LogP contribution in [0.5, 0.6) is 0 Å². The second-order valence-corrected chi connectivity index (χ2v) is 7.12. The second-order valence-electron chi connectivity index (χ2n) is 3.71. The van der Waals surface area contributed by atoms with Gasteiger partial charge in [-0.15, -0.1) is 0 Å². The number of hydrogen-bond donors (Lipinski definition) is 2. The summed E-state index contributed by atoms with van der Waals surface area (Å²) in [7, 11) is 0. The lowest BCUT2D eigenvalue weighted by molar-refractivity contribution is 1.52. The van der Waals surface area contributed by atoms with Gasteiger partial charge in [0.05, 0.1) is 11.4 Å². The molecular formula is C13H12Br4N2. The zero-order valence-electron chi connectivity index (χ0n) is 8.98. The van der Waals surface area contributed by atoms with Gasteiger partial charge in [-0.1, -0.05) is 7.43 Å². The zero-order chi connectivity index (χ0) is 13.4. The minimum absolute atomic E-state index is 0. The molecule has 0 aliphatic rings. The van der Waals surface area contributed by atoms with Gasteiger partial charge in [-0.25, -0.2) is 0 Å². The Bertz CT molecular complexity index is 525. The van der Waals surface area contributed by atoms with Gasteiger partial charge in [0.1, 0.15) is 0 Å². The van der Waals surface area contributed by atoms with E-state index in [0.29, 0.717) is 11.4 Å². The van der Waals surface area contributed by atoms with Gasteiger partial charge in [0.15, 0.2) is 0 Å². The fourth-order valence-corrected chi connectivity index (χ4v) is 3.87. The van der Waals surface area contributed by atoms with Crippen LogP contribution < -0.4 is 11.5 Å². The van der Waals surface area contributed by atoms with Crippen LogP contribution >= 0.6 is 63.7 Å². The van der Waals surface area contributed by atoms with Crippen LogP contribution in [0.1, 0.15) is 7.43 Å². The van der Waals surface area contributed by atoms with Crippen LogP contribution in [0.2, 0.25) is 0 Å². The number of rotatable bonds is 1. The Hall–Kier alpha value is -0.0400. The number of nitrogens with two attached hydrogens (primary N) is 2. The van der Waals surface area contributed by atoms with Gasteiger partial charge < -0.3 is 11.5 Å². The van der Waals surface area contributed by atoms with E-state index in [1.807, 2.05) is 24.3 Å². The molecule has 2 aromatic carbocycles. The van der Waals surface area contributed by atoms with Gasteiger partial charge >= 0.3 is 0 Å². The van der Waals surface area contributed by atoms with Crippen LogP contribution in [-0.4, -0.2) is 0 Å². The number of anilines is 2. The molecule has 0 heterocycles. The Morgan fingerprint density at radius 3 is 1.00 bits per heavy atom. The first-order valence-corrected chi connectivity index (χ1v) is 8.06. The normalized spacial score (nSPS) is 10.1. The number of nitrogen functional groups attached to an aromatic ring is 2. The summed E-state index contributed by atoms with van der Waals surface area (Å²) in [5.41, 5.74) is 15.2. The largest absolute Gasteiger partial charge is 0.397 e. The smallest absolute Gasteiger partial charge is 0.0603 e. The Morgan fingerprint density at radius 1 is 0.579 bits per heavy atom. The van der Waals surface area contributed by atoms with Crippen molar-refractivity contribution in [3.63, 3.8) is 0 Å². The van der Waals surface area contributed by atoms with Crippen molar-refractivity contribution >= 4 is 75.1 Å². The molecule has 0 saturated carbocycles. The monoisotopic (exact) mass is 512 g/mol. The van der Waals surface area contributed by atoms with E-state index in [1.165, 1.54) is 0 Å². The summed E-state index contributed by atoms with van der Waals surface area (Å²) in [4.78, 5) is 0. The predicted molar refractivity (Wildman–Crippen MR) is 98.2 cm³/mol. The summed E-state index contributed by atoms with van der Waals surface area (Å²) in [6.45, 7) is 0. The van der Waals surface area contributed by atoms with Gasteiger partial charge in [0, 0.05) is 17.9 Å². The molecule has 0 radical (unpaired) electrons. The molecule has 0 bridgehead atoms.